The minimum atomic E-state index is -0.0408. The molecule has 0 aliphatic heterocycles. The van der Waals surface area contributed by atoms with Gasteiger partial charge >= 0.3 is 11.9 Å². The Balaban J connectivity index is 0.000000560. The molecule has 0 aromatic heterocycles. The Morgan fingerprint density at radius 2 is 1.09 bits per heavy atom. The van der Waals surface area contributed by atoms with Crippen molar-refractivity contribution in [1.29, 1.82) is 10.5 Å². The third-order valence-electron chi connectivity index (χ3n) is 11.2. The number of allylic oxidation sites excluding steroid dienone is 8. The average Bonchev–Trinajstić information content (AvgIpc) is 3.21. The lowest BCUT2D eigenvalue weighted by Crippen LogP contribution is -2.18. The van der Waals surface area contributed by atoms with Gasteiger partial charge in [0.2, 0.25) is 0 Å². The standard InChI is InChI=1S/2C25H41NO2/c1-3-5-15-23-18-17-22(20-24(23)21-26)14-12-10-8-7-9-11-13-16-25(27)28-19-6-4-2;1-3-5-14-22-17-18-23(24(20-22)21-26)15-12-10-8-7-9-11-13-16-25(27)28-19-6-4-2/h12,14,17-18,22-24H,3-11,13,15-16,19-20H2,1-2H3;12,15,17-18,22-24H,3-11,13-14,16,19-20H2,1-2H3/b14-12+;15-12+. The molecule has 0 bridgehead atoms. The van der Waals surface area contributed by atoms with E-state index >= 15 is 0 Å². The summed E-state index contributed by atoms with van der Waals surface area (Å²) in [5.41, 5.74) is 0. The molecule has 0 amide bonds. The first-order chi connectivity index (χ1) is 27.4. The SMILES string of the molecule is CCCCOC(=O)CCCCCCC/C=C/C1C=CC(CCCC)C(C#N)C1.CCCCOC(=O)CCCCCCC/C=C/C1C=CC(CCCC)CC1C#N. The van der Waals surface area contributed by atoms with E-state index < -0.39 is 0 Å². The minimum Gasteiger partial charge on any atom is -0.466 e. The Morgan fingerprint density at radius 1 is 0.571 bits per heavy atom. The number of hydrogen-bond acceptors (Lipinski definition) is 6. The molecule has 6 nitrogen and oxygen atoms in total. The van der Waals surface area contributed by atoms with Crippen LogP contribution < -0.4 is 0 Å². The molecule has 2 aliphatic rings. The van der Waals surface area contributed by atoms with Crippen molar-refractivity contribution in [3.05, 3.63) is 48.6 Å². The predicted octanol–water partition coefficient (Wildman–Crippen LogP) is 14.3. The van der Waals surface area contributed by atoms with Gasteiger partial charge in [-0.2, -0.15) is 10.5 Å². The summed E-state index contributed by atoms with van der Waals surface area (Å²) in [5, 5.41) is 18.9. The fourth-order valence-electron chi connectivity index (χ4n) is 7.45. The zero-order valence-electron chi connectivity index (χ0n) is 36.4. The van der Waals surface area contributed by atoms with Gasteiger partial charge in [0.1, 0.15) is 0 Å². The number of hydrogen-bond donors (Lipinski definition) is 0. The van der Waals surface area contributed by atoms with Gasteiger partial charge in [0.05, 0.1) is 37.2 Å². The van der Waals surface area contributed by atoms with Gasteiger partial charge in [0.15, 0.2) is 0 Å². The summed E-state index contributed by atoms with van der Waals surface area (Å²) in [6.45, 7) is 9.78. The van der Waals surface area contributed by atoms with Crippen LogP contribution in [0.2, 0.25) is 0 Å². The van der Waals surface area contributed by atoms with Crippen LogP contribution in [0.15, 0.2) is 48.6 Å². The second-order valence-electron chi connectivity index (χ2n) is 16.3. The van der Waals surface area contributed by atoms with Crippen molar-refractivity contribution >= 4 is 11.9 Å². The molecule has 6 atom stereocenters. The number of esters is 2. The molecule has 6 unspecified atom stereocenters. The van der Waals surface area contributed by atoms with Crippen LogP contribution in [0, 0.1) is 58.2 Å². The molecule has 2 aliphatic carbocycles. The Hall–Kier alpha value is -3.12. The molecule has 56 heavy (non-hydrogen) atoms. The second kappa shape index (κ2) is 36.2. The van der Waals surface area contributed by atoms with Crippen LogP contribution in [0.25, 0.3) is 0 Å². The molecule has 316 valence electrons. The normalized spacial score (nSPS) is 21.7. The van der Waals surface area contributed by atoms with E-state index in [0.717, 1.165) is 83.5 Å². The average molecular weight is 775 g/mol. The van der Waals surface area contributed by atoms with Gasteiger partial charge in [-0.3, -0.25) is 9.59 Å². The summed E-state index contributed by atoms with van der Waals surface area (Å²) in [4.78, 5) is 23.0. The Kier molecular flexibility index (Phi) is 32.9. The first-order valence-corrected chi connectivity index (χ1v) is 23.2. The first kappa shape index (κ1) is 50.9. The molecule has 0 N–H and O–H groups in total. The summed E-state index contributed by atoms with van der Waals surface area (Å²) in [5.74, 6) is 2.02. The highest BCUT2D eigenvalue weighted by atomic mass is 16.5. The Bertz CT molecular complexity index is 1190. The quantitative estimate of drug-likeness (QED) is 0.0409. The summed E-state index contributed by atoms with van der Waals surface area (Å²) >= 11 is 0. The Labute approximate surface area is 344 Å². The van der Waals surface area contributed by atoms with E-state index in [1.165, 1.54) is 70.6 Å². The van der Waals surface area contributed by atoms with Crippen molar-refractivity contribution in [2.75, 3.05) is 13.2 Å². The molecule has 6 heteroatoms. The molecule has 0 aromatic rings. The molecule has 0 heterocycles. The minimum absolute atomic E-state index is 0.0375. The van der Waals surface area contributed by atoms with Crippen molar-refractivity contribution in [2.45, 2.75) is 195 Å². The maximum absolute atomic E-state index is 11.5. The van der Waals surface area contributed by atoms with E-state index in [1.807, 2.05) is 0 Å². The van der Waals surface area contributed by atoms with E-state index in [4.69, 9.17) is 9.47 Å². The Morgan fingerprint density at radius 3 is 1.64 bits per heavy atom. The van der Waals surface area contributed by atoms with Crippen molar-refractivity contribution in [3.63, 3.8) is 0 Å². The zero-order chi connectivity index (χ0) is 40.9. The smallest absolute Gasteiger partial charge is 0.305 e. The van der Waals surface area contributed by atoms with E-state index in [9.17, 15) is 20.1 Å². The van der Waals surface area contributed by atoms with Crippen LogP contribution in [-0.4, -0.2) is 25.2 Å². The van der Waals surface area contributed by atoms with Crippen molar-refractivity contribution in [1.82, 2.24) is 0 Å². The number of carbonyl (C=O) groups is 2. The maximum Gasteiger partial charge on any atom is 0.305 e. The number of carbonyl (C=O) groups excluding carboxylic acids is 2. The summed E-state index contributed by atoms with van der Waals surface area (Å²) in [6.07, 6.45) is 46.2. The van der Waals surface area contributed by atoms with Gasteiger partial charge in [0, 0.05) is 18.8 Å². The van der Waals surface area contributed by atoms with Gasteiger partial charge in [-0.25, -0.2) is 0 Å². The first-order valence-electron chi connectivity index (χ1n) is 23.2. The largest absolute Gasteiger partial charge is 0.466 e. The monoisotopic (exact) mass is 775 g/mol. The highest BCUT2D eigenvalue weighted by Crippen LogP contribution is 2.33. The van der Waals surface area contributed by atoms with E-state index in [1.54, 1.807) is 0 Å². The highest BCUT2D eigenvalue weighted by molar-refractivity contribution is 5.69. The van der Waals surface area contributed by atoms with Crippen molar-refractivity contribution in [3.8, 4) is 12.1 Å². The molecule has 0 fully saturated rings. The van der Waals surface area contributed by atoms with E-state index in [0.29, 0.717) is 49.7 Å². The molecule has 0 spiro atoms. The lowest BCUT2D eigenvalue weighted by molar-refractivity contribution is -0.144. The van der Waals surface area contributed by atoms with Crippen molar-refractivity contribution < 1.29 is 19.1 Å². The zero-order valence-corrected chi connectivity index (χ0v) is 36.4. The van der Waals surface area contributed by atoms with Crippen LogP contribution in [0.5, 0.6) is 0 Å². The van der Waals surface area contributed by atoms with Crippen LogP contribution in [-0.2, 0) is 19.1 Å². The number of unbranched alkanes of at least 4 members (excludes halogenated alkanes) is 14. The number of nitriles is 2. The fraction of sp³-hybridized carbons (Fsp3) is 0.760. The molecular formula is C50H82N2O4. The highest BCUT2D eigenvalue weighted by Gasteiger charge is 2.25. The van der Waals surface area contributed by atoms with Crippen LogP contribution >= 0.6 is 0 Å². The molecule has 0 saturated heterocycles. The molecule has 0 aromatic carbocycles. The summed E-state index contributed by atoms with van der Waals surface area (Å²) in [7, 11) is 0. The number of ether oxygens (including phenoxy) is 2. The van der Waals surface area contributed by atoms with Crippen LogP contribution in [0.1, 0.15) is 195 Å². The van der Waals surface area contributed by atoms with Gasteiger partial charge in [-0.1, -0.05) is 153 Å². The van der Waals surface area contributed by atoms with Gasteiger partial charge in [-0.15, -0.1) is 0 Å². The fourth-order valence-corrected chi connectivity index (χ4v) is 7.45. The third-order valence-corrected chi connectivity index (χ3v) is 11.2. The lowest BCUT2D eigenvalue weighted by Gasteiger charge is -2.26. The van der Waals surface area contributed by atoms with E-state index in [-0.39, 0.29) is 23.8 Å². The second-order valence-corrected chi connectivity index (χ2v) is 16.3. The number of nitrogens with zero attached hydrogens (tertiary/aromatic N) is 2. The van der Waals surface area contributed by atoms with Crippen LogP contribution in [0.4, 0.5) is 0 Å². The third kappa shape index (κ3) is 26.7. The number of rotatable bonds is 30. The van der Waals surface area contributed by atoms with Crippen molar-refractivity contribution in [2.24, 2.45) is 35.5 Å². The summed E-state index contributed by atoms with van der Waals surface area (Å²) < 4.78 is 10.3. The van der Waals surface area contributed by atoms with Crippen LogP contribution in [0.3, 0.4) is 0 Å². The predicted molar refractivity (Wildman–Crippen MR) is 233 cm³/mol. The van der Waals surface area contributed by atoms with Gasteiger partial charge < -0.3 is 9.47 Å². The van der Waals surface area contributed by atoms with Gasteiger partial charge in [0.25, 0.3) is 0 Å². The molecule has 0 saturated carbocycles. The molecule has 0 radical (unpaired) electrons. The maximum atomic E-state index is 11.5. The molecular weight excluding hydrogens is 693 g/mol. The lowest BCUT2D eigenvalue weighted by atomic mass is 9.77. The topological polar surface area (TPSA) is 100 Å². The molecule has 2 rings (SSSR count). The summed E-state index contributed by atoms with van der Waals surface area (Å²) in [6, 6.07) is 5.05. The van der Waals surface area contributed by atoms with Gasteiger partial charge in [-0.05, 0) is 94.8 Å². The van der Waals surface area contributed by atoms with E-state index in [2.05, 4.69) is 88.4 Å².